The van der Waals surface area contributed by atoms with E-state index in [1.807, 2.05) is 26.0 Å². The average Bonchev–Trinajstić information content (AvgIpc) is 3.18. The van der Waals surface area contributed by atoms with Crippen LogP contribution in [-0.2, 0) is 14.8 Å². The van der Waals surface area contributed by atoms with Gasteiger partial charge in [-0.1, -0.05) is 25.8 Å². The van der Waals surface area contributed by atoms with Crippen LogP contribution < -0.4 is 9.62 Å². The Labute approximate surface area is 144 Å². The number of carbonyl (C=O) groups is 1. The molecule has 1 aliphatic heterocycles. The molecule has 0 spiro atoms. The van der Waals surface area contributed by atoms with Crippen LogP contribution in [0.4, 0.5) is 11.4 Å². The van der Waals surface area contributed by atoms with Gasteiger partial charge in [0.15, 0.2) is 0 Å². The molecule has 1 aliphatic carbocycles. The molecule has 132 valence electrons. The lowest BCUT2D eigenvalue weighted by molar-refractivity contribution is -0.120. The minimum atomic E-state index is -3.21. The van der Waals surface area contributed by atoms with Gasteiger partial charge < -0.3 is 5.32 Å². The Bertz CT molecular complexity index is 724. The summed E-state index contributed by atoms with van der Waals surface area (Å²) in [7, 11) is -3.21. The minimum Gasteiger partial charge on any atom is -0.326 e. The molecule has 1 atom stereocenters. The van der Waals surface area contributed by atoms with E-state index in [9.17, 15) is 13.2 Å². The van der Waals surface area contributed by atoms with Gasteiger partial charge in [0.2, 0.25) is 15.9 Å². The molecule has 0 bridgehead atoms. The molecular weight excluding hydrogens is 324 g/mol. The first-order valence-electron chi connectivity index (χ1n) is 8.80. The van der Waals surface area contributed by atoms with Crippen molar-refractivity contribution in [2.45, 2.75) is 46.0 Å². The van der Waals surface area contributed by atoms with Crippen LogP contribution in [0.1, 0.15) is 44.6 Å². The average molecular weight is 350 g/mol. The Morgan fingerprint density at radius 3 is 2.58 bits per heavy atom. The Kier molecular flexibility index (Phi) is 4.85. The van der Waals surface area contributed by atoms with Crippen molar-refractivity contribution in [1.29, 1.82) is 0 Å². The Balaban J connectivity index is 1.78. The van der Waals surface area contributed by atoms with Crippen LogP contribution >= 0.6 is 0 Å². The van der Waals surface area contributed by atoms with Gasteiger partial charge in [-0.3, -0.25) is 9.10 Å². The minimum absolute atomic E-state index is 0.00826. The summed E-state index contributed by atoms with van der Waals surface area (Å²) in [4.78, 5) is 12.6. The third kappa shape index (κ3) is 3.43. The Morgan fingerprint density at radius 2 is 1.96 bits per heavy atom. The van der Waals surface area contributed by atoms with Gasteiger partial charge in [-0.15, -0.1) is 0 Å². The van der Waals surface area contributed by atoms with Gasteiger partial charge in [0, 0.05) is 18.2 Å². The first kappa shape index (κ1) is 17.3. The molecule has 1 saturated heterocycles. The number of nitrogens with one attached hydrogen (secondary N) is 1. The van der Waals surface area contributed by atoms with Crippen LogP contribution in [-0.4, -0.2) is 26.6 Å². The normalized spacial score (nSPS) is 21.8. The maximum Gasteiger partial charge on any atom is 0.235 e. The summed E-state index contributed by atoms with van der Waals surface area (Å²) in [6, 6.07) is 5.48. The van der Waals surface area contributed by atoms with Crippen LogP contribution in [0, 0.1) is 18.8 Å². The fraction of sp³-hybridized carbons (Fsp3) is 0.611. The second kappa shape index (κ2) is 6.75. The quantitative estimate of drug-likeness (QED) is 0.906. The van der Waals surface area contributed by atoms with Gasteiger partial charge in [-0.2, -0.15) is 0 Å². The van der Waals surface area contributed by atoms with Gasteiger partial charge in [0.1, 0.15) is 0 Å². The first-order chi connectivity index (χ1) is 11.4. The predicted octanol–water partition coefficient (Wildman–Crippen LogP) is 3.30. The van der Waals surface area contributed by atoms with Crippen molar-refractivity contribution in [3.63, 3.8) is 0 Å². The SMILES string of the molecule is Cc1ccc(N2CCCS2(=O)=O)cc1NC(=O)C(C)C1CCCC1. The van der Waals surface area contributed by atoms with Crippen molar-refractivity contribution in [3.05, 3.63) is 23.8 Å². The maximum absolute atomic E-state index is 12.6. The molecule has 2 fully saturated rings. The highest BCUT2D eigenvalue weighted by molar-refractivity contribution is 7.93. The summed E-state index contributed by atoms with van der Waals surface area (Å²) in [5.41, 5.74) is 2.30. The van der Waals surface area contributed by atoms with E-state index in [0.717, 1.165) is 18.4 Å². The van der Waals surface area contributed by atoms with Crippen LogP contribution in [0.25, 0.3) is 0 Å². The molecule has 1 aromatic carbocycles. The number of sulfonamides is 1. The molecule has 24 heavy (non-hydrogen) atoms. The number of rotatable bonds is 4. The van der Waals surface area contributed by atoms with Gasteiger partial charge >= 0.3 is 0 Å². The summed E-state index contributed by atoms with van der Waals surface area (Å²) in [6.45, 7) is 4.44. The number of hydrogen-bond donors (Lipinski definition) is 1. The number of amides is 1. The van der Waals surface area contributed by atoms with Crippen molar-refractivity contribution < 1.29 is 13.2 Å². The molecule has 1 N–H and O–H groups in total. The van der Waals surface area contributed by atoms with E-state index in [0.29, 0.717) is 30.3 Å². The molecule has 3 rings (SSSR count). The molecule has 1 aromatic rings. The number of aryl methyl sites for hydroxylation is 1. The first-order valence-corrected chi connectivity index (χ1v) is 10.4. The molecule has 1 amide bonds. The number of carbonyl (C=O) groups excluding carboxylic acids is 1. The maximum atomic E-state index is 12.6. The highest BCUT2D eigenvalue weighted by atomic mass is 32.2. The largest absolute Gasteiger partial charge is 0.326 e. The molecule has 5 nitrogen and oxygen atoms in total. The topological polar surface area (TPSA) is 66.5 Å². The van der Waals surface area contributed by atoms with Crippen LogP contribution in [0.15, 0.2) is 18.2 Å². The molecule has 1 saturated carbocycles. The highest BCUT2D eigenvalue weighted by Crippen LogP contribution is 2.33. The van der Waals surface area contributed by atoms with E-state index >= 15 is 0 Å². The number of hydrogen-bond acceptors (Lipinski definition) is 3. The summed E-state index contributed by atoms with van der Waals surface area (Å²) in [5.74, 6) is 0.686. The zero-order valence-corrected chi connectivity index (χ0v) is 15.2. The number of benzene rings is 1. The van der Waals surface area contributed by atoms with Gasteiger partial charge in [0.25, 0.3) is 0 Å². The number of nitrogens with zero attached hydrogens (tertiary/aromatic N) is 1. The smallest absolute Gasteiger partial charge is 0.235 e. The second-order valence-electron chi connectivity index (χ2n) is 7.06. The monoisotopic (exact) mass is 350 g/mol. The van der Waals surface area contributed by atoms with Crippen LogP contribution in [0.3, 0.4) is 0 Å². The standard InChI is InChI=1S/C18H26N2O3S/c1-13-8-9-16(20-10-5-11-24(20,22)23)12-17(13)19-18(21)14(2)15-6-3-4-7-15/h8-9,12,14-15H,3-7,10-11H2,1-2H3,(H,19,21). The lowest BCUT2D eigenvalue weighted by Gasteiger charge is -2.21. The molecule has 1 heterocycles. The molecule has 2 aliphatic rings. The Morgan fingerprint density at radius 1 is 1.25 bits per heavy atom. The van der Waals surface area contributed by atoms with E-state index in [-0.39, 0.29) is 17.6 Å². The van der Waals surface area contributed by atoms with E-state index in [1.54, 1.807) is 6.07 Å². The molecule has 0 aromatic heterocycles. The van der Waals surface area contributed by atoms with E-state index in [1.165, 1.54) is 17.1 Å². The summed E-state index contributed by atoms with van der Waals surface area (Å²) < 4.78 is 25.6. The van der Waals surface area contributed by atoms with E-state index in [2.05, 4.69) is 5.32 Å². The zero-order valence-electron chi connectivity index (χ0n) is 14.4. The van der Waals surface area contributed by atoms with Gasteiger partial charge in [-0.25, -0.2) is 8.42 Å². The lowest BCUT2D eigenvalue weighted by atomic mass is 9.92. The van der Waals surface area contributed by atoms with E-state index < -0.39 is 10.0 Å². The molecule has 1 unspecified atom stereocenters. The summed E-state index contributed by atoms with van der Waals surface area (Å²) in [6.07, 6.45) is 5.32. The van der Waals surface area contributed by atoms with E-state index in [4.69, 9.17) is 0 Å². The fourth-order valence-corrected chi connectivity index (χ4v) is 5.30. The third-order valence-electron chi connectivity index (χ3n) is 5.39. The second-order valence-corrected chi connectivity index (χ2v) is 9.08. The lowest BCUT2D eigenvalue weighted by Crippen LogP contribution is -2.27. The Hall–Kier alpha value is -1.56. The zero-order chi connectivity index (χ0) is 17.3. The molecule has 0 radical (unpaired) electrons. The van der Waals surface area contributed by atoms with Crippen molar-refractivity contribution >= 4 is 27.3 Å². The van der Waals surface area contributed by atoms with Crippen molar-refractivity contribution in [2.75, 3.05) is 21.9 Å². The summed E-state index contributed by atoms with van der Waals surface area (Å²) >= 11 is 0. The van der Waals surface area contributed by atoms with Crippen molar-refractivity contribution in [3.8, 4) is 0 Å². The van der Waals surface area contributed by atoms with Crippen molar-refractivity contribution in [2.24, 2.45) is 11.8 Å². The summed E-state index contributed by atoms with van der Waals surface area (Å²) in [5, 5.41) is 3.02. The molecule has 6 heteroatoms. The van der Waals surface area contributed by atoms with Crippen LogP contribution in [0.5, 0.6) is 0 Å². The van der Waals surface area contributed by atoms with Gasteiger partial charge in [-0.05, 0) is 49.8 Å². The van der Waals surface area contributed by atoms with Gasteiger partial charge in [0.05, 0.1) is 11.4 Å². The fourth-order valence-electron chi connectivity index (χ4n) is 3.75. The third-order valence-corrected chi connectivity index (χ3v) is 7.26. The molecular formula is C18H26N2O3S. The van der Waals surface area contributed by atoms with Crippen molar-refractivity contribution in [1.82, 2.24) is 0 Å². The van der Waals surface area contributed by atoms with Crippen LogP contribution in [0.2, 0.25) is 0 Å². The highest BCUT2D eigenvalue weighted by Gasteiger charge is 2.30. The number of anilines is 2. The predicted molar refractivity (Wildman–Crippen MR) is 96.7 cm³/mol.